The summed E-state index contributed by atoms with van der Waals surface area (Å²) < 4.78 is 0. The Labute approximate surface area is 108 Å². The summed E-state index contributed by atoms with van der Waals surface area (Å²) >= 11 is 0. The molecule has 0 aliphatic carbocycles. The van der Waals surface area contributed by atoms with E-state index in [0.717, 1.165) is 18.6 Å². The lowest BCUT2D eigenvalue weighted by atomic mass is 10.1. The van der Waals surface area contributed by atoms with E-state index < -0.39 is 0 Å². The van der Waals surface area contributed by atoms with E-state index in [4.69, 9.17) is 5.73 Å². The van der Waals surface area contributed by atoms with Crippen molar-refractivity contribution >= 4 is 16.6 Å². The van der Waals surface area contributed by atoms with Gasteiger partial charge in [-0.3, -0.25) is 4.98 Å². The first-order valence-electron chi connectivity index (χ1n) is 6.51. The van der Waals surface area contributed by atoms with Gasteiger partial charge in [0.15, 0.2) is 0 Å². The molecule has 2 N–H and O–H groups in total. The van der Waals surface area contributed by atoms with Crippen LogP contribution in [0.3, 0.4) is 0 Å². The van der Waals surface area contributed by atoms with E-state index in [1.807, 2.05) is 12.3 Å². The van der Waals surface area contributed by atoms with Gasteiger partial charge in [0.05, 0.1) is 5.52 Å². The van der Waals surface area contributed by atoms with Gasteiger partial charge in [-0.05, 0) is 36.6 Å². The van der Waals surface area contributed by atoms with Crippen LogP contribution in [0.4, 0.5) is 5.69 Å². The molecule has 0 bridgehead atoms. The SMILES string of the molecule is Cc1ccc(N2C[C@@H](C)[C@@H](N)C2)c2cccnc12. The number of hydrogen-bond acceptors (Lipinski definition) is 3. The van der Waals surface area contributed by atoms with Gasteiger partial charge in [0.25, 0.3) is 0 Å². The summed E-state index contributed by atoms with van der Waals surface area (Å²) in [4.78, 5) is 6.88. The van der Waals surface area contributed by atoms with Gasteiger partial charge in [0.1, 0.15) is 0 Å². The summed E-state index contributed by atoms with van der Waals surface area (Å²) in [5.74, 6) is 0.554. The molecule has 0 amide bonds. The van der Waals surface area contributed by atoms with E-state index in [-0.39, 0.29) is 6.04 Å². The number of nitrogens with zero attached hydrogens (tertiary/aromatic N) is 2. The molecule has 1 saturated heterocycles. The average molecular weight is 241 g/mol. The fourth-order valence-electron chi connectivity index (χ4n) is 2.76. The van der Waals surface area contributed by atoms with Gasteiger partial charge in [-0.25, -0.2) is 0 Å². The minimum atomic E-state index is 0.276. The molecule has 94 valence electrons. The molecule has 1 aromatic carbocycles. The van der Waals surface area contributed by atoms with Crippen molar-refractivity contribution in [1.29, 1.82) is 0 Å². The van der Waals surface area contributed by atoms with Crippen LogP contribution in [0.15, 0.2) is 30.5 Å². The number of hydrogen-bond donors (Lipinski definition) is 1. The van der Waals surface area contributed by atoms with Crippen molar-refractivity contribution in [3.05, 3.63) is 36.0 Å². The molecule has 1 aliphatic rings. The number of benzene rings is 1. The number of fused-ring (bicyclic) bond motifs is 1. The topological polar surface area (TPSA) is 42.1 Å². The van der Waals surface area contributed by atoms with Crippen LogP contribution >= 0.6 is 0 Å². The van der Waals surface area contributed by atoms with Gasteiger partial charge in [0, 0.05) is 36.4 Å². The second-order valence-corrected chi connectivity index (χ2v) is 5.35. The Morgan fingerprint density at radius 2 is 2.11 bits per heavy atom. The fraction of sp³-hybridized carbons (Fsp3) is 0.400. The van der Waals surface area contributed by atoms with E-state index >= 15 is 0 Å². The molecule has 0 saturated carbocycles. The Bertz CT molecular complexity index is 569. The first-order chi connectivity index (χ1) is 8.66. The standard InChI is InChI=1S/C15H19N3/c1-10-5-6-14(12-4-3-7-17-15(10)12)18-8-11(2)13(16)9-18/h3-7,11,13H,8-9,16H2,1-2H3/t11-,13+/m1/s1. The van der Waals surface area contributed by atoms with E-state index in [1.165, 1.54) is 16.6 Å². The van der Waals surface area contributed by atoms with Crippen LogP contribution in [0, 0.1) is 12.8 Å². The van der Waals surface area contributed by atoms with E-state index in [1.54, 1.807) is 0 Å². The zero-order valence-electron chi connectivity index (χ0n) is 10.9. The maximum atomic E-state index is 6.12. The Balaban J connectivity index is 2.10. The van der Waals surface area contributed by atoms with E-state index in [0.29, 0.717) is 5.92 Å². The lowest BCUT2D eigenvalue weighted by Crippen LogP contribution is -2.28. The number of pyridine rings is 1. The molecular formula is C15H19N3. The third-order valence-corrected chi connectivity index (χ3v) is 3.96. The lowest BCUT2D eigenvalue weighted by molar-refractivity contribution is 0.566. The zero-order valence-corrected chi connectivity index (χ0v) is 10.9. The van der Waals surface area contributed by atoms with Crippen LogP contribution in [-0.4, -0.2) is 24.1 Å². The first kappa shape index (κ1) is 11.5. The Hall–Kier alpha value is -1.61. The first-order valence-corrected chi connectivity index (χ1v) is 6.51. The summed E-state index contributed by atoms with van der Waals surface area (Å²) in [6.45, 7) is 6.30. The van der Waals surface area contributed by atoms with Crippen molar-refractivity contribution in [3.8, 4) is 0 Å². The zero-order chi connectivity index (χ0) is 12.7. The van der Waals surface area contributed by atoms with Gasteiger partial charge in [0.2, 0.25) is 0 Å². The molecule has 0 spiro atoms. The predicted octanol–water partition coefficient (Wildman–Crippen LogP) is 2.33. The molecule has 1 aromatic heterocycles. The maximum absolute atomic E-state index is 6.12. The highest BCUT2D eigenvalue weighted by Gasteiger charge is 2.27. The van der Waals surface area contributed by atoms with Crippen LogP contribution in [0.2, 0.25) is 0 Å². The van der Waals surface area contributed by atoms with Gasteiger partial charge in [-0.15, -0.1) is 0 Å². The largest absolute Gasteiger partial charge is 0.369 e. The highest BCUT2D eigenvalue weighted by molar-refractivity contribution is 5.93. The van der Waals surface area contributed by atoms with Crippen molar-refractivity contribution in [1.82, 2.24) is 4.98 Å². The summed E-state index contributed by atoms with van der Waals surface area (Å²) in [5.41, 5.74) is 9.72. The predicted molar refractivity (Wildman–Crippen MR) is 75.8 cm³/mol. The Morgan fingerprint density at radius 3 is 2.83 bits per heavy atom. The third kappa shape index (κ3) is 1.75. The minimum Gasteiger partial charge on any atom is -0.369 e. The van der Waals surface area contributed by atoms with E-state index in [2.05, 4.69) is 41.9 Å². The molecule has 3 rings (SSSR count). The monoisotopic (exact) mass is 241 g/mol. The molecule has 18 heavy (non-hydrogen) atoms. The third-order valence-electron chi connectivity index (χ3n) is 3.96. The number of aryl methyl sites for hydroxylation is 1. The van der Waals surface area contributed by atoms with Gasteiger partial charge >= 0.3 is 0 Å². The highest BCUT2D eigenvalue weighted by Crippen LogP contribution is 2.31. The van der Waals surface area contributed by atoms with Crippen LogP contribution < -0.4 is 10.6 Å². The molecular weight excluding hydrogens is 222 g/mol. The van der Waals surface area contributed by atoms with Crippen molar-refractivity contribution in [2.24, 2.45) is 11.7 Å². The number of nitrogens with two attached hydrogens (primary N) is 1. The molecule has 2 atom stereocenters. The fourth-order valence-corrected chi connectivity index (χ4v) is 2.76. The number of aromatic nitrogens is 1. The highest BCUT2D eigenvalue weighted by atomic mass is 15.2. The second-order valence-electron chi connectivity index (χ2n) is 5.35. The van der Waals surface area contributed by atoms with Crippen molar-refractivity contribution in [2.45, 2.75) is 19.9 Å². The molecule has 0 radical (unpaired) electrons. The van der Waals surface area contributed by atoms with Crippen molar-refractivity contribution in [3.63, 3.8) is 0 Å². The summed E-state index contributed by atoms with van der Waals surface area (Å²) in [5, 5.41) is 1.24. The smallest absolute Gasteiger partial charge is 0.0751 e. The quantitative estimate of drug-likeness (QED) is 0.833. The number of anilines is 1. The summed E-state index contributed by atoms with van der Waals surface area (Å²) in [7, 11) is 0. The van der Waals surface area contributed by atoms with Crippen LogP contribution in [-0.2, 0) is 0 Å². The van der Waals surface area contributed by atoms with Gasteiger partial charge in [-0.1, -0.05) is 13.0 Å². The number of rotatable bonds is 1. The maximum Gasteiger partial charge on any atom is 0.0751 e. The van der Waals surface area contributed by atoms with Crippen LogP contribution in [0.1, 0.15) is 12.5 Å². The molecule has 0 unspecified atom stereocenters. The molecule has 2 aromatic rings. The average Bonchev–Trinajstić information content (AvgIpc) is 2.70. The lowest BCUT2D eigenvalue weighted by Gasteiger charge is -2.20. The van der Waals surface area contributed by atoms with Crippen LogP contribution in [0.25, 0.3) is 10.9 Å². The Morgan fingerprint density at radius 1 is 1.28 bits per heavy atom. The molecule has 1 aliphatic heterocycles. The summed E-state index contributed by atoms with van der Waals surface area (Å²) in [6, 6.07) is 8.78. The Kier molecular flexibility index (Phi) is 2.71. The molecule has 3 nitrogen and oxygen atoms in total. The molecule has 1 fully saturated rings. The van der Waals surface area contributed by atoms with Crippen LogP contribution in [0.5, 0.6) is 0 Å². The van der Waals surface area contributed by atoms with E-state index in [9.17, 15) is 0 Å². The minimum absolute atomic E-state index is 0.276. The van der Waals surface area contributed by atoms with Crippen molar-refractivity contribution < 1.29 is 0 Å². The van der Waals surface area contributed by atoms with Gasteiger partial charge in [-0.2, -0.15) is 0 Å². The molecule has 2 heterocycles. The second kappa shape index (κ2) is 4.25. The normalized spacial score (nSPS) is 23.8. The van der Waals surface area contributed by atoms with Gasteiger partial charge < -0.3 is 10.6 Å². The van der Waals surface area contributed by atoms with Crippen molar-refractivity contribution in [2.75, 3.05) is 18.0 Å². The molecule has 3 heteroatoms. The summed E-state index contributed by atoms with van der Waals surface area (Å²) in [6.07, 6.45) is 1.86.